The molecule has 2 aromatic carbocycles. The molecule has 3 rings (SSSR count). The van der Waals surface area contributed by atoms with Gasteiger partial charge in [-0.3, -0.25) is 4.57 Å². The second kappa shape index (κ2) is 5.84. The summed E-state index contributed by atoms with van der Waals surface area (Å²) in [4.78, 5) is 11.5. The van der Waals surface area contributed by atoms with Gasteiger partial charge in [-0.15, -0.1) is 0 Å². The van der Waals surface area contributed by atoms with Gasteiger partial charge in [0.2, 0.25) is 10.0 Å². The Bertz CT molecular complexity index is 1040. The summed E-state index contributed by atoms with van der Waals surface area (Å²) in [6, 6.07) is 11.3. The molecule has 0 unspecified atom stereocenters. The second-order valence-corrected chi connectivity index (χ2v) is 7.15. The van der Waals surface area contributed by atoms with Gasteiger partial charge in [0.25, 0.3) is 0 Å². The van der Waals surface area contributed by atoms with Crippen LogP contribution < -0.4 is 10.5 Å². The molecule has 0 spiro atoms. The number of benzene rings is 2. The van der Waals surface area contributed by atoms with E-state index in [2.05, 4.69) is 4.72 Å². The van der Waals surface area contributed by atoms with E-state index in [1.165, 1.54) is 22.8 Å². The maximum absolute atomic E-state index is 12.4. The molecule has 0 amide bonds. The number of halogens is 1. The van der Waals surface area contributed by atoms with E-state index in [4.69, 9.17) is 16.0 Å². The zero-order valence-corrected chi connectivity index (χ0v) is 13.7. The van der Waals surface area contributed by atoms with Crippen molar-refractivity contribution in [1.82, 2.24) is 9.29 Å². The van der Waals surface area contributed by atoms with E-state index >= 15 is 0 Å². The van der Waals surface area contributed by atoms with Crippen molar-refractivity contribution in [2.75, 3.05) is 0 Å². The lowest BCUT2D eigenvalue weighted by Crippen LogP contribution is -2.23. The molecule has 6 nitrogen and oxygen atoms in total. The lowest BCUT2D eigenvalue weighted by atomic mass is 10.2. The first-order valence-corrected chi connectivity index (χ1v) is 8.57. The number of hydrogen-bond acceptors (Lipinski definition) is 4. The van der Waals surface area contributed by atoms with Crippen molar-refractivity contribution in [3.8, 4) is 0 Å². The molecule has 120 valence electrons. The highest BCUT2D eigenvalue weighted by atomic mass is 35.5. The van der Waals surface area contributed by atoms with Crippen LogP contribution in [0.2, 0.25) is 5.02 Å². The number of nitrogens with zero attached hydrogens (tertiary/aromatic N) is 1. The third-order valence-electron chi connectivity index (χ3n) is 3.48. The highest BCUT2D eigenvalue weighted by molar-refractivity contribution is 7.89. The summed E-state index contributed by atoms with van der Waals surface area (Å²) >= 11 is 6.01. The van der Waals surface area contributed by atoms with Gasteiger partial charge in [0.05, 0.1) is 10.4 Å². The fraction of sp³-hybridized carbons (Fsp3) is 0.133. The maximum Gasteiger partial charge on any atom is 0.419 e. The van der Waals surface area contributed by atoms with E-state index in [1.54, 1.807) is 31.3 Å². The minimum absolute atomic E-state index is 0.0198. The van der Waals surface area contributed by atoms with E-state index in [9.17, 15) is 13.2 Å². The summed E-state index contributed by atoms with van der Waals surface area (Å²) in [7, 11) is -2.20. The molecule has 0 aliphatic rings. The van der Waals surface area contributed by atoms with Gasteiger partial charge in [-0.1, -0.05) is 29.8 Å². The summed E-state index contributed by atoms with van der Waals surface area (Å²) in [6.45, 7) is 0.0682. The molecule has 8 heteroatoms. The van der Waals surface area contributed by atoms with Crippen molar-refractivity contribution < 1.29 is 12.8 Å². The third kappa shape index (κ3) is 3.03. The van der Waals surface area contributed by atoms with E-state index in [1.807, 2.05) is 0 Å². The van der Waals surface area contributed by atoms with Gasteiger partial charge in [0, 0.05) is 24.7 Å². The lowest BCUT2D eigenvalue weighted by Gasteiger charge is -2.08. The molecular weight excluding hydrogens is 340 g/mol. The summed E-state index contributed by atoms with van der Waals surface area (Å²) in [5.41, 5.74) is 1.42. The van der Waals surface area contributed by atoms with E-state index in [0.717, 1.165) is 0 Å². The van der Waals surface area contributed by atoms with Crippen molar-refractivity contribution >= 4 is 32.7 Å². The number of aromatic nitrogens is 1. The van der Waals surface area contributed by atoms with Gasteiger partial charge in [0.15, 0.2) is 5.58 Å². The summed E-state index contributed by atoms with van der Waals surface area (Å²) in [6.07, 6.45) is 0. The molecule has 3 aromatic rings. The number of hydrogen-bond donors (Lipinski definition) is 1. The molecule has 0 bridgehead atoms. The van der Waals surface area contributed by atoms with Crippen LogP contribution in [0.15, 0.2) is 56.6 Å². The normalized spacial score (nSPS) is 11.9. The van der Waals surface area contributed by atoms with Gasteiger partial charge >= 0.3 is 5.76 Å². The number of oxazole rings is 1. The van der Waals surface area contributed by atoms with Gasteiger partial charge in [-0.05, 0) is 23.8 Å². The molecule has 0 radical (unpaired) electrons. The standard InChI is InChI=1S/C15H13ClN2O4S/c1-18-13-7-6-11(8-14(13)22-15(18)19)23(20,21)17-9-10-4-2-3-5-12(10)16/h2-8,17H,9H2,1H3. The van der Waals surface area contributed by atoms with Crippen molar-refractivity contribution in [3.05, 3.63) is 63.6 Å². The Morgan fingerprint density at radius 2 is 1.96 bits per heavy atom. The van der Waals surface area contributed by atoms with Crippen LogP contribution in [0.4, 0.5) is 0 Å². The SMILES string of the molecule is Cn1c(=O)oc2cc(S(=O)(=O)NCc3ccccc3Cl)ccc21. The molecule has 0 saturated heterocycles. The predicted molar refractivity (Wildman–Crippen MR) is 86.9 cm³/mol. The minimum atomic E-state index is -3.75. The lowest BCUT2D eigenvalue weighted by molar-refractivity contribution is 0.527. The van der Waals surface area contributed by atoms with Gasteiger partial charge in [-0.25, -0.2) is 17.9 Å². The third-order valence-corrected chi connectivity index (χ3v) is 5.25. The average molecular weight is 353 g/mol. The average Bonchev–Trinajstić information content (AvgIpc) is 2.81. The van der Waals surface area contributed by atoms with E-state index in [-0.39, 0.29) is 17.0 Å². The molecule has 0 atom stereocenters. The van der Waals surface area contributed by atoms with Crippen LogP contribution in [-0.2, 0) is 23.6 Å². The fourth-order valence-corrected chi connectivity index (χ4v) is 3.40. The van der Waals surface area contributed by atoms with Crippen LogP contribution in [0.3, 0.4) is 0 Å². The summed E-state index contributed by atoms with van der Waals surface area (Å²) in [5, 5.41) is 0.486. The zero-order chi connectivity index (χ0) is 16.6. The topological polar surface area (TPSA) is 81.3 Å². The summed E-state index contributed by atoms with van der Waals surface area (Å²) in [5.74, 6) is -0.543. The van der Waals surface area contributed by atoms with Crippen LogP contribution in [0.5, 0.6) is 0 Å². The Balaban J connectivity index is 1.90. The highest BCUT2D eigenvalue weighted by Crippen LogP contribution is 2.19. The smallest absolute Gasteiger partial charge is 0.408 e. The monoisotopic (exact) mass is 352 g/mol. The van der Waals surface area contributed by atoms with Crippen LogP contribution >= 0.6 is 11.6 Å². The number of sulfonamides is 1. The largest absolute Gasteiger partial charge is 0.419 e. The van der Waals surface area contributed by atoms with Gasteiger partial charge < -0.3 is 4.42 Å². The first-order valence-electron chi connectivity index (χ1n) is 6.71. The molecule has 23 heavy (non-hydrogen) atoms. The van der Waals surface area contributed by atoms with Gasteiger partial charge in [-0.2, -0.15) is 0 Å². The highest BCUT2D eigenvalue weighted by Gasteiger charge is 2.17. The van der Waals surface area contributed by atoms with Crippen molar-refractivity contribution in [1.29, 1.82) is 0 Å². The minimum Gasteiger partial charge on any atom is -0.408 e. The Morgan fingerprint density at radius 1 is 1.22 bits per heavy atom. The van der Waals surface area contributed by atoms with Crippen molar-refractivity contribution in [2.24, 2.45) is 7.05 Å². The first kappa shape index (κ1) is 15.8. The fourth-order valence-electron chi connectivity index (χ4n) is 2.18. The van der Waals surface area contributed by atoms with Crippen LogP contribution in [0, 0.1) is 0 Å². The number of fused-ring (bicyclic) bond motifs is 1. The van der Waals surface area contributed by atoms with Crippen LogP contribution in [0.25, 0.3) is 11.1 Å². The number of aryl methyl sites for hydroxylation is 1. The molecule has 0 aliphatic heterocycles. The Hall–Kier alpha value is -2.09. The summed E-state index contributed by atoms with van der Waals surface area (Å²) < 4.78 is 33.5. The zero-order valence-electron chi connectivity index (χ0n) is 12.1. The van der Waals surface area contributed by atoms with Crippen LogP contribution in [0.1, 0.15) is 5.56 Å². The molecule has 0 saturated carbocycles. The van der Waals surface area contributed by atoms with Crippen LogP contribution in [-0.4, -0.2) is 13.0 Å². The molecule has 0 fully saturated rings. The first-order chi connectivity index (χ1) is 10.9. The molecule has 0 aliphatic carbocycles. The second-order valence-electron chi connectivity index (χ2n) is 4.97. The van der Waals surface area contributed by atoms with E-state index < -0.39 is 15.8 Å². The van der Waals surface area contributed by atoms with Crippen molar-refractivity contribution in [3.63, 3.8) is 0 Å². The quantitative estimate of drug-likeness (QED) is 0.781. The molecule has 1 aromatic heterocycles. The van der Waals surface area contributed by atoms with Gasteiger partial charge in [0.1, 0.15) is 0 Å². The predicted octanol–water partition coefficient (Wildman–Crippen LogP) is 2.26. The Labute approximate surface area is 137 Å². The van der Waals surface area contributed by atoms with E-state index in [0.29, 0.717) is 16.1 Å². The van der Waals surface area contributed by atoms with Crippen molar-refractivity contribution in [2.45, 2.75) is 11.4 Å². The Kier molecular flexibility index (Phi) is 4.01. The number of nitrogens with one attached hydrogen (secondary N) is 1. The maximum atomic E-state index is 12.4. The Morgan fingerprint density at radius 3 is 2.70 bits per heavy atom. The molecular formula is C15H13ClN2O4S. The molecule has 1 heterocycles. The number of rotatable bonds is 4. The molecule has 1 N–H and O–H groups in total.